The van der Waals surface area contributed by atoms with Gasteiger partial charge >= 0.3 is 0 Å². The van der Waals surface area contributed by atoms with Crippen molar-refractivity contribution in [3.05, 3.63) is 17.6 Å². The first-order valence-electron chi connectivity index (χ1n) is 7.41. The summed E-state index contributed by atoms with van der Waals surface area (Å²) in [6, 6.07) is 1.84. The summed E-state index contributed by atoms with van der Waals surface area (Å²) in [6.07, 6.45) is 0.831. The van der Waals surface area contributed by atoms with Gasteiger partial charge in [-0.05, 0) is 13.3 Å². The molecule has 2 heterocycles. The topological polar surface area (TPSA) is 84.4 Å². The van der Waals surface area contributed by atoms with Gasteiger partial charge in [-0.25, -0.2) is 22.7 Å². The lowest BCUT2D eigenvalue weighted by Crippen LogP contribution is -2.37. The van der Waals surface area contributed by atoms with Crippen LogP contribution in [0.2, 0.25) is 0 Å². The number of nitrogens with one attached hydrogen (secondary N) is 1. The highest BCUT2D eigenvalue weighted by Gasteiger charge is 2.33. The number of rotatable bonds is 6. The first-order chi connectivity index (χ1) is 10.3. The second kappa shape index (κ2) is 6.89. The van der Waals surface area contributed by atoms with Crippen LogP contribution in [-0.4, -0.2) is 61.8 Å². The first-order valence-corrected chi connectivity index (χ1v) is 9.01. The number of ether oxygens (including phenoxy) is 1. The molecule has 1 N–H and O–H groups in total. The normalized spacial score (nSPS) is 22.2. The van der Waals surface area contributed by atoms with Gasteiger partial charge in [0.05, 0.1) is 25.0 Å². The van der Waals surface area contributed by atoms with Crippen LogP contribution in [-0.2, 0) is 21.2 Å². The van der Waals surface area contributed by atoms with Crippen molar-refractivity contribution < 1.29 is 13.2 Å². The Labute approximate surface area is 132 Å². The molecule has 0 radical (unpaired) electrons. The molecule has 0 saturated carbocycles. The van der Waals surface area contributed by atoms with E-state index in [1.165, 1.54) is 4.31 Å². The van der Waals surface area contributed by atoms with E-state index in [2.05, 4.69) is 15.3 Å². The number of sulfonamides is 1. The Balaban J connectivity index is 2.10. The van der Waals surface area contributed by atoms with Crippen molar-refractivity contribution in [2.24, 2.45) is 5.92 Å². The average molecular weight is 328 g/mol. The number of aromatic nitrogens is 2. The lowest BCUT2D eigenvalue weighted by molar-refractivity contribution is 0.187. The number of nitrogens with zero attached hydrogens (tertiary/aromatic N) is 3. The van der Waals surface area contributed by atoms with Crippen molar-refractivity contribution >= 4 is 15.8 Å². The van der Waals surface area contributed by atoms with Crippen LogP contribution in [0.4, 0.5) is 5.82 Å². The monoisotopic (exact) mass is 328 g/mol. The fraction of sp³-hybridized carbons (Fsp3) is 0.714. The minimum absolute atomic E-state index is 0.0614. The SMILES string of the molecule is CCc1cc(N[C@@H]2COC[C@H]2CS(=O)(=O)N(C)C)nc(C)n1. The van der Waals surface area contributed by atoms with Gasteiger partial charge in [0.25, 0.3) is 0 Å². The first kappa shape index (κ1) is 17.1. The van der Waals surface area contributed by atoms with Gasteiger partial charge in [0.15, 0.2) is 0 Å². The summed E-state index contributed by atoms with van der Waals surface area (Å²) in [7, 11) is -0.146. The van der Waals surface area contributed by atoms with E-state index in [1.807, 2.05) is 19.9 Å². The predicted octanol–water partition coefficient (Wildman–Crippen LogP) is 0.666. The minimum atomic E-state index is -3.25. The summed E-state index contributed by atoms with van der Waals surface area (Å²) in [5.74, 6) is 1.42. The molecule has 1 fully saturated rings. The van der Waals surface area contributed by atoms with Gasteiger partial charge in [-0.1, -0.05) is 6.92 Å². The highest BCUT2D eigenvalue weighted by atomic mass is 32.2. The van der Waals surface area contributed by atoms with Crippen LogP contribution in [0, 0.1) is 12.8 Å². The Kier molecular flexibility index (Phi) is 5.36. The molecular formula is C14H24N4O3S. The molecule has 1 aromatic rings. The quantitative estimate of drug-likeness (QED) is 0.826. The molecule has 0 amide bonds. The van der Waals surface area contributed by atoms with Crippen molar-refractivity contribution in [1.29, 1.82) is 0 Å². The number of aryl methyl sites for hydroxylation is 2. The zero-order valence-electron chi connectivity index (χ0n) is 13.5. The van der Waals surface area contributed by atoms with Crippen LogP contribution < -0.4 is 5.32 Å². The van der Waals surface area contributed by atoms with E-state index in [-0.39, 0.29) is 17.7 Å². The molecule has 2 rings (SSSR count). The molecule has 2 atom stereocenters. The Morgan fingerprint density at radius 3 is 2.73 bits per heavy atom. The summed E-state index contributed by atoms with van der Waals surface area (Å²) in [6.45, 7) is 4.81. The Morgan fingerprint density at radius 2 is 2.09 bits per heavy atom. The Bertz CT molecular complexity index is 619. The number of hydrogen-bond acceptors (Lipinski definition) is 6. The molecule has 0 bridgehead atoms. The molecule has 0 unspecified atom stereocenters. The van der Waals surface area contributed by atoms with E-state index in [1.54, 1.807) is 14.1 Å². The summed E-state index contributed by atoms with van der Waals surface area (Å²) in [4.78, 5) is 8.72. The van der Waals surface area contributed by atoms with Crippen molar-refractivity contribution in [3.63, 3.8) is 0 Å². The standard InChI is InChI=1S/C14H24N4O3S/c1-5-12-6-14(16-10(2)15-12)17-13-8-21-7-11(13)9-22(19,20)18(3)4/h6,11,13H,5,7-9H2,1-4H3,(H,15,16,17)/t11-,13+/m0/s1. The van der Waals surface area contributed by atoms with E-state index in [4.69, 9.17) is 4.74 Å². The number of anilines is 1. The van der Waals surface area contributed by atoms with Gasteiger partial charge in [-0.15, -0.1) is 0 Å². The Hall–Kier alpha value is -1.25. The molecule has 8 heteroatoms. The second-order valence-electron chi connectivity index (χ2n) is 5.75. The van der Waals surface area contributed by atoms with Crippen LogP contribution in [0.15, 0.2) is 6.07 Å². The van der Waals surface area contributed by atoms with Crippen LogP contribution in [0.1, 0.15) is 18.4 Å². The van der Waals surface area contributed by atoms with E-state index in [9.17, 15) is 8.42 Å². The maximum Gasteiger partial charge on any atom is 0.214 e. The maximum absolute atomic E-state index is 12.1. The van der Waals surface area contributed by atoms with Crippen molar-refractivity contribution in [2.45, 2.75) is 26.3 Å². The van der Waals surface area contributed by atoms with Gasteiger partial charge in [-0.2, -0.15) is 0 Å². The zero-order valence-corrected chi connectivity index (χ0v) is 14.4. The molecule has 0 aliphatic carbocycles. The van der Waals surface area contributed by atoms with Crippen LogP contribution in [0.25, 0.3) is 0 Å². The third kappa shape index (κ3) is 4.15. The summed E-state index contributed by atoms with van der Waals surface area (Å²) in [5, 5.41) is 3.31. The molecule has 22 heavy (non-hydrogen) atoms. The van der Waals surface area contributed by atoms with E-state index in [0.717, 1.165) is 17.9 Å². The molecule has 0 spiro atoms. The minimum Gasteiger partial charge on any atom is -0.379 e. The van der Waals surface area contributed by atoms with Gasteiger partial charge in [-0.3, -0.25) is 0 Å². The van der Waals surface area contributed by atoms with Crippen molar-refractivity contribution in [2.75, 3.05) is 38.4 Å². The fourth-order valence-corrected chi connectivity index (χ4v) is 3.58. The third-order valence-electron chi connectivity index (χ3n) is 3.77. The molecule has 0 aromatic carbocycles. The molecule has 1 saturated heterocycles. The lowest BCUT2D eigenvalue weighted by Gasteiger charge is -2.21. The Morgan fingerprint density at radius 1 is 1.36 bits per heavy atom. The molecule has 7 nitrogen and oxygen atoms in total. The average Bonchev–Trinajstić information content (AvgIpc) is 2.84. The highest BCUT2D eigenvalue weighted by Crippen LogP contribution is 2.21. The third-order valence-corrected chi connectivity index (χ3v) is 5.73. The molecule has 1 aliphatic heterocycles. The van der Waals surface area contributed by atoms with Gasteiger partial charge < -0.3 is 10.1 Å². The molecular weight excluding hydrogens is 304 g/mol. The maximum atomic E-state index is 12.1. The van der Waals surface area contributed by atoms with E-state index < -0.39 is 10.0 Å². The predicted molar refractivity (Wildman–Crippen MR) is 85.3 cm³/mol. The summed E-state index contributed by atoms with van der Waals surface area (Å²) < 4.78 is 30.8. The molecule has 1 aliphatic rings. The van der Waals surface area contributed by atoms with Gasteiger partial charge in [0, 0.05) is 31.8 Å². The van der Waals surface area contributed by atoms with Gasteiger partial charge in [0.1, 0.15) is 11.6 Å². The van der Waals surface area contributed by atoms with E-state index >= 15 is 0 Å². The smallest absolute Gasteiger partial charge is 0.214 e. The van der Waals surface area contributed by atoms with E-state index in [0.29, 0.717) is 19.0 Å². The zero-order chi connectivity index (χ0) is 16.3. The lowest BCUT2D eigenvalue weighted by atomic mass is 10.1. The molecule has 1 aromatic heterocycles. The second-order valence-corrected chi connectivity index (χ2v) is 7.98. The van der Waals surface area contributed by atoms with Gasteiger partial charge in [0.2, 0.25) is 10.0 Å². The summed E-state index contributed by atoms with van der Waals surface area (Å²) in [5.41, 5.74) is 0.964. The van der Waals surface area contributed by atoms with Crippen LogP contribution in [0.5, 0.6) is 0 Å². The fourth-order valence-electron chi connectivity index (χ4n) is 2.42. The van der Waals surface area contributed by atoms with Crippen LogP contribution in [0.3, 0.4) is 0 Å². The summed E-state index contributed by atoms with van der Waals surface area (Å²) >= 11 is 0. The van der Waals surface area contributed by atoms with Crippen LogP contribution >= 0.6 is 0 Å². The largest absolute Gasteiger partial charge is 0.379 e. The highest BCUT2D eigenvalue weighted by molar-refractivity contribution is 7.89. The number of hydrogen-bond donors (Lipinski definition) is 1. The van der Waals surface area contributed by atoms with Crippen molar-refractivity contribution in [1.82, 2.24) is 14.3 Å². The van der Waals surface area contributed by atoms with Crippen molar-refractivity contribution in [3.8, 4) is 0 Å². The molecule has 124 valence electrons.